The first-order valence-electron chi connectivity index (χ1n) is 8.87. The topological polar surface area (TPSA) is 71.3 Å². The van der Waals surface area contributed by atoms with E-state index < -0.39 is 9.84 Å². The van der Waals surface area contributed by atoms with Gasteiger partial charge in [0.05, 0.1) is 4.90 Å². The Morgan fingerprint density at radius 1 is 1.15 bits per heavy atom. The van der Waals surface area contributed by atoms with E-state index in [1.165, 1.54) is 23.4 Å². The number of hydrogen-bond donors (Lipinski definition) is 2. The van der Waals surface area contributed by atoms with E-state index in [4.69, 9.17) is 0 Å². The van der Waals surface area contributed by atoms with Gasteiger partial charge in [0.1, 0.15) is 10.6 Å². The largest absolute Gasteiger partial charge is 0.507 e. The van der Waals surface area contributed by atoms with Crippen molar-refractivity contribution >= 4 is 33.1 Å². The van der Waals surface area contributed by atoms with Gasteiger partial charge in [0, 0.05) is 42.1 Å². The quantitative estimate of drug-likeness (QED) is 0.685. The number of rotatable bonds is 2. The molecule has 7 heteroatoms. The summed E-state index contributed by atoms with van der Waals surface area (Å²) in [5, 5.41) is 14.7. The first-order chi connectivity index (χ1) is 12.5. The molecule has 3 heterocycles. The summed E-state index contributed by atoms with van der Waals surface area (Å²) in [6.07, 6.45) is 3.24. The van der Waals surface area contributed by atoms with Crippen molar-refractivity contribution in [2.45, 2.75) is 41.1 Å². The first-order valence-corrected chi connectivity index (χ1v) is 10.4. The molecule has 2 N–H and O–H groups in total. The van der Waals surface area contributed by atoms with Crippen molar-refractivity contribution < 1.29 is 13.5 Å². The molecule has 0 radical (unpaired) electrons. The van der Waals surface area contributed by atoms with Crippen LogP contribution in [0.5, 0.6) is 5.75 Å². The summed E-state index contributed by atoms with van der Waals surface area (Å²) in [5.41, 5.74) is 3.61. The molecule has 5 rings (SSSR count). The van der Waals surface area contributed by atoms with Gasteiger partial charge in [-0.2, -0.15) is 0 Å². The molecule has 2 aromatic carbocycles. The van der Waals surface area contributed by atoms with Crippen molar-refractivity contribution in [1.82, 2.24) is 9.88 Å². The fraction of sp³-hybridized carbons (Fsp3) is 0.300. The maximum absolute atomic E-state index is 13.1. The van der Waals surface area contributed by atoms with Gasteiger partial charge in [-0.3, -0.25) is 0 Å². The number of para-hydroxylation sites is 1. The second-order valence-electron chi connectivity index (χ2n) is 7.27. The summed E-state index contributed by atoms with van der Waals surface area (Å²) in [6, 6.07) is 12.2. The van der Waals surface area contributed by atoms with Gasteiger partial charge in [0.25, 0.3) is 0 Å². The second-order valence-corrected chi connectivity index (χ2v) is 9.19. The van der Waals surface area contributed by atoms with Crippen LogP contribution in [0.2, 0.25) is 0 Å². The third-order valence-corrected chi connectivity index (χ3v) is 7.63. The molecule has 1 saturated heterocycles. The van der Waals surface area contributed by atoms with Gasteiger partial charge in [-0.15, -0.1) is 12.4 Å². The van der Waals surface area contributed by atoms with Crippen molar-refractivity contribution in [1.29, 1.82) is 0 Å². The zero-order chi connectivity index (χ0) is 18.1. The number of hydrogen-bond acceptors (Lipinski definition) is 4. The van der Waals surface area contributed by atoms with Crippen LogP contribution in [-0.4, -0.2) is 24.1 Å². The molecule has 2 aliphatic rings. The fourth-order valence-corrected chi connectivity index (χ4v) is 5.94. The monoisotopic (exact) mass is 404 g/mol. The smallest absolute Gasteiger partial charge is 0.210 e. The number of aromatic hydroxyl groups is 1. The van der Waals surface area contributed by atoms with E-state index in [0.29, 0.717) is 12.1 Å². The molecule has 142 valence electrons. The van der Waals surface area contributed by atoms with Crippen molar-refractivity contribution in [3.63, 3.8) is 0 Å². The number of aryl methyl sites for hydroxylation is 1. The number of phenolic OH excluding ortho intramolecular Hbond substituents is 1. The molecular weight excluding hydrogens is 384 g/mol. The Kier molecular flexibility index (Phi) is 4.25. The normalized spacial score (nSPS) is 21.1. The maximum atomic E-state index is 13.1. The van der Waals surface area contributed by atoms with Crippen LogP contribution in [0.1, 0.15) is 30.1 Å². The zero-order valence-corrected chi connectivity index (χ0v) is 16.5. The molecule has 0 spiro atoms. The molecule has 1 aromatic heterocycles. The highest BCUT2D eigenvalue weighted by molar-refractivity contribution is 7.91. The highest BCUT2D eigenvalue weighted by Crippen LogP contribution is 2.42. The second kappa shape index (κ2) is 6.26. The molecule has 0 saturated carbocycles. The van der Waals surface area contributed by atoms with Crippen LogP contribution in [0.4, 0.5) is 0 Å². The predicted molar refractivity (Wildman–Crippen MR) is 106 cm³/mol. The minimum absolute atomic E-state index is 0. The fourth-order valence-electron chi connectivity index (χ4n) is 4.56. The molecule has 27 heavy (non-hydrogen) atoms. The standard InChI is InChI=1S/C20H20N2O3S.ClH/c1-22-16-9-7-13(26(24,25)19-5-3-2-4-18(19)23)11-14(16)20-15-8-6-12(21-15)10-17(20)22;/h2-5,7,9,11-12,15,21,23H,6,8,10H2,1H3;1H. The van der Waals surface area contributed by atoms with E-state index in [1.54, 1.807) is 24.3 Å². The highest BCUT2D eigenvalue weighted by atomic mass is 35.5. The molecule has 2 aliphatic heterocycles. The van der Waals surface area contributed by atoms with Crippen molar-refractivity contribution in [2.24, 2.45) is 7.05 Å². The SMILES string of the molecule is Cl.Cn1c2c(c3cc(S(=O)(=O)c4ccccc4O)ccc31)C1CCC(C2)N1. The molecular formula is C20H21ClN2O3S. The number of nitrogens with zero attached hydrogens (tertiary/aromatic N) is 1. The maximum Gasteiger partial charge on any atom is 0.210 e. The van der Waals surface area contributed by atoms with Crippen LogP contribution >= 0.6 is 12.4 Å². The van der Waals surface area contributed by atoms with Crippen LogP contribution in [0.3, 0.4) is 0 Å². The van der Waals surface area contributed by atoms with Gasteiger partial charge < -0.3 is 15.0 Å². The molecule has 1 fully saturated rings. The lowest BCUT2D eigenvalue weighted by molar-refractivity contribution is 0.459. The first kappa shape index (κ1) is 18.3. The number of benzene rings is 2. The van der Waals surface area contributed by atoms with Gasteiger partial charge in [0.15, 0.2) is 0 Å². The van der Waals surface area contributed by atoms with Crippen LogP contribution in [0.25, 0.3) is 10.9 Å². The number of nitrogens with one attached hydrogen (secondary N) is 1. The van der Waals surface area contributed by atoms with E-state index in [-0.39, 0.29) is 27.9 Å². The number of aromatic nitrogens is 1. The van der Waals surface area contributed by atoms with Crippen molar-refractivity contribution in [3.8, 4) is 5.75 Å². The Balaban J connectivity index is 0.00000180. The Hall–Kier alpha value is -2.02. The Morgan fingerprint density at radius 2 is 1.93 bits per heavy atom. The third kappa shape index (κ3) is 2.58. The van der Waals surface area contributed by atoms with Crippen LogP contribution < -0.4 is 5.32 Å². The van der Waals surface area contributed by atoms with E-state index in [9.17, 15) is 13.5 Å². The summed E-state index contributed by atoms with van der Waals surface area (Å²) in [7, 11) is -1.71. The third-order valence-electron chi connectivity index (χ3n) is 5.83. The average Bonchev–Trinajstić information content (AvgIpc) is 3.14. The zero-order valence-electron chi connectivity index (χ0n) is 14.8. The van der Waals surface area contributed by atoms with Crippen LogP contribution in [0.15, 0.2) is 52.3 Å². The molecule has 0 amide bonds. The Morgan fingerprint density at radius 3 is 2.70 bits per heavy atom. The van der Waals surface area contributed by atoms with Crippen LogP contribution in [-0.2, 0) is 23.3 Å². The van der Waals surface area contributed by atoms with E-state index in [2.05, 4.69) is 16.9 Å². The van der Waals surface area contributed by atoms with Gasteiger partial charge in [0.2, 0.25) is 9.84 Å². The lowest BCUT2D eigenvalue weighted by Crippen LogP contribution is -2.32. The van der Waals surface area contributed by atoms with Crippen molar-refractivity contribution in [2.75, 3.05) is 0 Å². The number of phenols is 1. The van der Waals surface area contributed by atoms with Gasteiger partial charge in [-0.1, -0.05) is 12.1 Å². The molecule has 3 aromatic rings. The van der Waals surface area contributed by atoms with E-state index >= 15 is 0 Å². The van der Waals surface area contributed by atoms with E-state index in [0.717, 1.165) is 30.2 Å². The summed E-state index contributed by atoms with van der Waals surface area (Å²) < 4.78 is 28.3. The lowest BCUT2D eigenvalue weighted by Gasteiger charge is -2.23. The molecule has 0 aliphatic carbocycles. The van der Waals surface area contributed by atoms with Gasteiger partial charge in [-0.05, 0) is 48.7 Å². The molecule has 2 atom stereocenters. The van der Waals surface area contributed by atoms with Crippen molar-refractivity contribution in [3.05, 3.63) is 53.7 Å². The summed E-state index contributed by atoms with van der Waals surface area (Å²) in [6.45, 7) is 0. The highest BCUT2D eigenvalue weighted by Gasteiger charge is 2.36. The van der Waals surface area contributed by atoms with Gasteiger partial charge in [-0.25, -0.2) is 8.42 Å². The summed E-state index contributed by atoms with van der Waals surface area (Å²) in [5.74, 6) is -0.219. The number of fused-ring (bicyclic) bond motifs is 6. The number of sulfone groups is 1. The predicted octanol–water partition coefficient (Wildman–Crippen LogP) is 3.49. The molecule has 2 unspecified atom stereocenters. The lowest BCUT2D eigenvalue weighted by atomic mass is 9.99. The summed E-state index contributed by atoms with van der Waals surface area (Å²) in [4.78, 5) is 0.170. The van der Waals surface area contributed by atoms with E-state index in [1.807, 2.05) is 6.07 Å². The average molecular weight is 405 g/mol. The van der Waals surface area contributed by atoms with Crippen LogP contribution in [0, 0.1) is 0 Å². The summed E-state index contributed by atoms with van der Waals surface area (Å²) >= 11 is 0. The minimum Gasteiger partial charge on any atom is -0.507 e. The minimum atomic E-state index is -3.77. The Bertz CT molecular complexity index is 1150. The molecule has 2 bridgehead atoms. The molecule has 5 nitrogen and oxygen atoms in total. The number of halogens is 1. The Labute approximate surface area is 164 Å². The van der Waals surface area contributed by atoms with Gasteiger partial charge >= 0.3 is 0 Å².